The molecular formula is C13H13Cl2N3O2. The first-order valence-corrected chi connectivity index (χ1v) is 6.99. The lowest BCUT2D eigenvalue weighted by Gasteiger charge is -2.22. The lowest BCUT2D eigenvalue weighted by molar-refractivity contribution is -0.0942. The van der Waals surface area contributed by atoms with Crippen LogP contribution >= 0.6 is 23.2 Å². The van der Waals surface area contributed by atoms with Gasteiger partial charge < -0.3 is 9.47 Å². The number of benzene rings is 1. The number of rotatable bonds is 2. The van der Waals surface area contributed by atoms with Gasteiger partial charge in [-0.1, -0.05) is 23.2 Å². The predicted octanol–water partition coefficient (Wildman–Crippen LogP) is 2.97. The molecule has 1 aliphatic rings. The third kappa shape index (κ3) is 2.67. The second kappa shape index (κ2) is 5.69. The Morgan fingerprint density at radius 2 is 2.15 bits per heavy atom. The molecule has 0 saturated carbocycles. The zero-order chi connectivity index (χ0) is 14.1. The van der Waals surface area contributed by atoms with Crippen LogP contribution in [0.1, 0.15) is 17.8 Å². The van der Waals surface area contributed by atoms with E-state index in [4.69, 9.17) is 32.7 Å². The van der Waals surface area contributed by atoms with Gasteiger partial charge in [-0.3, -0.25) is 0 Å². The van der Waals surface area contributed by atoms with Crippen molar-refractivity contribution in [3.63, 3.8) is 0 Å². The van der Waals surface area contributed by atoms with Crippen LogP contribution in [-0.2, 0) is 9.47 Å². The first-order chi connectivity index (χ1) is 9.65. The minimum absolute atomic E-state index is 0.250. The zero-order valence-electron chi connectivity index (χ0n) is 10.8. The fourth-order valence-electron chi connectivity index (χ4n) is 2.10. The minimum Gasteiger partial charge on any atom is -0.376 e. The Bertz CT molecular complexity index is 624. The molecule has 1 atom stereocenters. The summed E-state index contributed by atoms with van der Waals surface area (Å²) in [5.41, 5.74) is 0.684. The van der Waals surface area contributed by atoms with Crippen LogP contribution in [0.15, 0.2) is 18.2 Å². The molecule has 1 saturated heterocycles. The van der Waals surface area contributed by atoms with Crippen LogP contribution in [0.3, 0.4) is 0 Å². The SMILES string of the molecule is Cc1nc([C@H]2COCCO2)n(-c2cc(Cl)ccc2Cl)n1. The fourth-order valence-corrected chi connectivity index (χ4v) is 2.47. The molecule has 3 rings (SSSR count). The molecule has 0 radical (unpaired) electrons. The third-order valence-electron chi connectivity index (χ3n) is 2.98. The highest BCUT2D eigenvalue weighted by Crippen LogP contribution is 2.28. The van der Waals surface area contributed by atoms with Crippen LogP contribution in [0.25, 0.3) is 5.69 Å². The number of ether oxygens (including phenoxy) is 2. The molecule has 2 aromatic rings. The molecule has 7 heteroatoms. The molecule has 0 amide bonds. The average Bonchev–Trinajstić information content (AvgIpc) is 2.84. The molecule has 1 fully saturated rings. The van der Waals surface area contributed by atoms with Crippen molar-refractivity contribution in [2.45, 2.75) is 13.0 Å². The molecule has 106 valence electrons. The van der Waals surface area contributed by atoms with Gasteiger partial charge >= 0.3 is 0 Å². The van der Waals surface area contributed by atoms with Gasteiger partial charge in [0.05, 0.1) is 30.5 Å². The monoisotopic (exact) mass is 313 g/mol. The minimum atomic E-state index is -0.250. The molecule has 0 spiro atoms. The number of hydrogen-bond donors (Lipinski definition) is 0. The molecule has 0 aliphatic carbocycles. The third-order valence-corrected chi connectivity index (χ3v) is 3.53. The second-order valence-corrected chi connectivity index (χ2v) is 5.30. The van der Waals surface area contributed by atoms with E-state index in [0.717, 1.165) is 0 Å². The molecule has 0 bridgehead atoms. The van der Waals surface area contributed by atoms with Crippen LogP contribution in [-0.4, -0.2) is 34.6 Å². The summed E-state index contributed by atoms with van der Waals surface area (Å²) < 4.78 is 12.8. The van der Waals surface area contributed by atoms with E-state index in [1.165, 1.54) is 0 Å². The summed E-state index contributed by atoms with van der Waals surface area (Å²) in [7, 11) is 0. The summed E-state index contributed by atoms with van der Waals surface area (Å²) in [6, 6.07) is 5.22. The van der Waals surface area contributed by atoms with Gasteiger partial charge in [0, 0.05) is 5.02 Å². The molecule has 2 heterocycles. The second-order valence-electron chi connectivity index (χ2n) is 4.46. The number of hydrogen-bond acceptors (Lipinski definition) is 4. The van der Waals surface area contributed by atoms with E-state index >= 15 is 0 Å². The molecule has 1 aromatic heterocycles. The highest BCUT2D eigenvalue weighted by molar-refractivity contribution is 6.34. The Balaban J connectivity index is 2.06. The molecule has 0 unspecified atom stereocenters. The molecule has 5 nitrogen and oxygen atoms in total. The van der Waals surface area contributed by atoms with Gasteiger partial charge in [-0.25, -0.2) is 9.67 Å². The first kappa shape index (κ1) is 13.8. The summed E-state index contributed by atoms with van der Waals surface area (Å²) in [6.45, 7) is 3.42. The first-order valence-electron chi connectivity index (χ1n) is 6.23. The van der Waals surface area contributed by atoms with E-state index in [0.29, 0.717) is 47.2 Å². The lowest BCUT2D eigenvalue weighted by Crippen LogP contribution is -2.24. The van der Waals surface area contributed by atoms with Crippen LogP contribution in [0.5, 0.6) is 0 Å². The Hall–Kier alpha value is -1.14. The maximum Gasteiger partial charge on any atom is 0.163 e. The number of nitrogens with zero attached hydrogens (tertiary/aromatic N) is 3. The van der Waals surface area contributed by atoms with E-state index in [-0.39, 0.29) is 6.10 Å². The molecule has 0 N–H and O–H groups in total. The summed E-state index contributed by atoms with van der Waals surface area (Å²) >= 11 is 12.3. The van der Waals surface area contributed by atoms with Crippen LogP contribution in [0.4, 0.5) is 0 Å². The molecular weight excluding hydrogens is 301 g/mol. The van der Waals surface area contributed by atoms with E-state index in [9.17, 15) is 0 Å². The highest BCUT2D eigenvalue weighted by atomic mass is 35.5. The number of halogens is 2. The van der Waals surface area contributed by atoms with Crippen molar-refractivity contribution in [2.24, 2.45) is 0 Å². The van der Waals surface area contributed by atoms with E-state index in [1.807, 2.05) is 6.92 Å². The maximum absolute atomic E-state index is 6.23. The highest BCUT2D eigenvalue weighted by Gasteiger charge is 2.24. The summed E-state index contributed by atoms with van der Waals surface area (Å²) in [4.78, 5) is 4.43. The van der Waals surface area contributed by atoms with E-state index < -0.39 is 0 Å². The van der Waals surface area contributed by atoms with Gasteiger partial charge in [0.25, 0.3) is 0 Å². The van der Waals surface area contributed by atoms with Crippen molar-refractivity contribution in [3.05, 3.63) is 39.9 Å². The maximum atomic E-state index is 6.23. The topological polar surface area (TPSA) is 49.2 Å². The lowest BCUT2D eigenvalue weighted by atomic mass is 10.3. The predicted molar refractivity (Wildman–Crippen MR) is 75.6 cm³/mol. The molecule has 1 aliphatic heterocycles. The van der Waals surface area contributed by atoms with Crippen LogP contribution in [0, 0.1) is 6.92 Å². The van der Waals surface area contributed by atoms with Crippen LogP contribution in [0.2, 0.25) is 10.0 Å². The van der Waals surface area contributed by atoms with Crippen molar-refractivity contribution in [2.75, 3.05) is 19.8 Å². The Kier molecular flexibility index (Phi) is 3.94. The van der Waals surface area contributed by atoms with Crippen molar-refractivity contribution >= 4 is 23.2 Å². The van der Waals surface area contributed by atoms with Gasteiger partial charge in [0.15, 0.2) is 5.82 Å². The van der Waals surface area contributed by atoms with Gasteiger partial charge in [0.1, 0.15) is 11.9 Å². The van der Waals surface area contributed by atoms with Gasteiger partial charge in [-0.2, -0.15) is 5.10 Å². The summed E-state index contributed by atoms with van der Waals surface area (Å²) in [6.07, 6.45) is -0.250. The van der Waals surface area contributed by atoms with Crippen LogP contribution < -0.4 is 0 Å². The van der Waals surface area contributed by atoms with Gasteiger partial charge in [-0.15, -0.1) is 0 Å². The summed E-state index contributed by atoms with van der Waals surface area (Å²) in [5, 5.41) is 5.53. The van der Waals surface area contributed by atoms with Gasteiger partial charge in [0.2, 0.25) is 0 Å². The molecule has 1 aromatic carbocycles. The number of aryl methyl sites for hydroxylation is 1. The average molecular weight is 314 g/mol. The standard InChI is InChI=1S/C13H13Cl2N3O2/c1-8-16-13(12-7-19-4-5-20-12)18(17-8)11-6-9(14)2-3-10(11)15/h2-3,6,12H,4-5,7H2,1H3/t12-/m1/s1. The van der Waals surface area contributed by atoms with Crippen molar-refractivity contribution in [3.8, 4) is 5.69 Å². The van der Waals surface area contributed by atoms with Crippen molar-refractivity contribution in [1.82, 2.24) is 14.8 Å². The fraction of sp³-hybridized carbons (Fsp3) is 0.385. The van der Waals surface area contributed by atoms with E-state index in [1.54, 1.807) is 22.9 Å². The van der Waals surface area contributed by atoms with Gasteiger partial charge in [-0.05, 0) is 25.1 Å². The normalized spacial score (nSPS) is 19.2. The quantitative estimate of drug-likeness (QED) is 0.855. The Labute approximate surface area is 126 Å². The molecule has 20 heavy (non-hydrogen) atoms. The summed E-state index contributed by atoms with van der Waals surface area (Å²) in [5.74, 6) is 1.32. The van der Waals surface area contributed by atoms with E-state index in [2.05, 4.69) is 10.1 Å². The Morgan fingerprint density at radius 1 is 1.30 bits per heavy atom. The zero-order valence-corrected chi connectivity index (χ0v) is 12.4. The number of aromatic nitrogens is 3. The largest absolute Gasteiger partial charge is 0.376 e. The Morgan fingerprint density at radius 3 is 2.90 bits per heavy atom. The smallest absolute Gasteiger partial charge is 0.163 e. The van der Waals surface area contributed by atoms with Crippen molar-refractivity contribution < 1.29 is 9.47 Å². The van der Waals surface area contributed by atoms with Crippen molar-refractivity contribution in [1.29, 1.82) is 0 Å².